The van der Waals surface area contributed by atoms with Crippen molar-refractivity contribution >= 4 is 5.69 Å². The Morgan fingerprint density at radius 1 is 0.867 bits per heavy atom. The van der Waals surface area contributed by atoms with Crippen molar-refractivity contribution in [1.29, 1.82) is 0 Å². The van der Waals surface area contributed by atoms with Crippen molar-refractivity contribution in [2.75, 3.05) is 40.8 Å². The molecule has 1 saturated heterocycles. The Balaban J connectivity index is 1.85. The van der Waals surface area contributed by atoms with Gasteiger partial charge < -0.3 is 34.2 Å². The van der Waals surface area contributed by atoms with Gasteiger partial charge in [0.2, 0.25) is 5.75 Å². The summed E-state index contributed by atoms with van der Waals surface area (Å²) in [6.45, 7) is 4.01. The van der Waals surface area contributed by atoms with Gasteiger partial charge in [0.1, 0.15) is 6.61 Å². The number of anilines is 1. The van der Waals surface area contributed by atoms with Crippen molar-refractivity contribution < 1.29 is 28.4 Å². The van der Waals surface area contributed by atoms with Gasteiger partial charge in [0, 0.05) is 0 Å². The number of benzene rings is 2. The molecule has 1 heterocycles. The minimum absolute atomic E-state index is 0.104. The monoisotopic (exact) mass is 415 g/mol. The van der Waals surface area contributed by atoms with Gasteiger partial charge in [0.05, 0.1) is 46.3 Å². The summed E-state index contributed by atoms with van der Waals surface area (Å²) in [5.41, 5.74) is 8.64. The largest absolute Gasteiger partial charge is 0.493 e. The summed E-state index contributed by atoms with van der Waals surface area (Å²) in [6, 6.07) is 7.64. The standard InChI is InChI=1S/C23H29NO6/c1-6-9-29-22-16(24)10-14(11-19(22)25-2)17-7-8-18(30-17)15-12-20(26-3)23(28-5)21(13-15)27-4/h6,10-13,17-18H,1,7-9,24H2,2-5H3/t17-,18-/m0/s1. The lowest BCUT2D eigenvalue weighted by Crippen LogP contribution is -2.05. The van der Waals surface area contributed by atoms with Gasteiger partial charge in [-0.25, -0.2) is 0 Å². The molecule has 0 saturated carbocycles. The van der Waals surface area contributed by atoms with Gasteiger partial charge in [-0.3, -0.25) is 0 Å². The van der Waals surface area contributed by atoms with Gasteiger partial charge in [-0.15, -0.1) is 0 Å². The summed E-state index contributed by atoms with van der Waals surface area (Å²) in [4.78, 5) is 0. The molecule has 3 rings (SSSR count). The van der Waals surface area contributed by atoms with Crippen LogP contribution in [-0.2, 0) is 4.74 Å². The zero-order chi connectivity index (χ0) is 21.7. The van der Waals surface area contributed by atoms with E-state index in [0.29, 0.717) is 41.0 Å². The normalized spacial score (nSPS) is 18.0. The van der Waals surface area contributed by atoms with Crippen molar-refractivity contribution in [1.82, 2.24) is 0 Å². The SMILES string of the molecule is C=CCOc1c(N)cc([C@@H]2CC[C@@H](c3cc(OC)c(OC)c(OC)c3)O2)cc1OC. The molecular formula is C23H29NO6. The summed E-state index contributed by atoms with van der Waals surface area (Å²) in [7, 11) is 6.38. The van der Waals surface area contributed by atoms with Crippen LogP contribution in [0.5, 0.6) is 28.7 Å². The number of nitrogen functional groups attached to an aromatic ring is 1. The first kappa shape index (κ1) is 21.6. The Morgan fingerprint density at radius 3 is 1.83 bits per heavy atom. The lowest BCUT2D eigenvalue weighted by molar-refractivity contribution is 0.0437. The fourth-order valence-electron chi connectivity index (χ4n) is 3.70. The number of hydrogen-bond donors (Lipinski definition) is 1. The number of hydrogen-bond acceptors (Lipinski definition) is 7. The second-order valence-corrected chi connectivity index (χ2v) is 6.89. The molecule has 2 N–H and O–H groups in total. The molecule has 0 spiro atoms. The van der Waals surface area contributed by atoms with Crippen LogP contribution in [0.2, 0.25) is 0 Å². The summed E-state index contributed by atoms with van der Waals surface area (Å²) >= 11 is 0. The van der Waals surface area contributed by atoms with Gasteiger partial charge in [-0.2, -0.15) is 0 Å². The Hall–Kier alpha value is -3.06. The summed E-state index contributed by atoms with van der Waals surface area (Å²) in [5.74, 6) is 2.86. The predicted octanol–water partition coefficient (Wildman–Crippen LogP) is 4.46. The topological polar surface area (TPSA) is 81.4 Å². The third kappa shape index (κ3) is 4.26. The molecular weight excluding hydrogens is 386 g/mol. The van der Waals surface area contributed by atoms with Crippen LogP contribution in [0.25, 0.3) is 0 Å². The van der Waals surface area contributed by atoms with E-state index in [-0.39, 0.29) is 12.2 Å². The third-order valence-electron chi connectivity index (χ3n) is 5.12. The molecule has 0 unspecified atom stereocenters. The summed E-state index contributed by atoms with van der Waals surface area (Å²) in [5, 5.41) is 0. The zero-order valence-corrected chi connectivity index (χ0v) is 17.9. The molecule has 0 aliphatic carbocycles. The maximum atomic E-state index is 6.36. The van der Waals surface area contributed by atoms with Crippen molar-refractivity contribution in [3.63, 3.8) is 0 Å². The molecule has 7 heteroatoms. The minimum Gasteiger partial charge on any atom is -0.493 e. The van der Waals surface area contributed by atoms with Gasteiger partial charge >= 0.3 is 0 Å². The van der Waals surface area contributed by atoms with Crippen LogP contribution in [0, 0.1) is 0 Å². The summed E-state index contributed by atoms with van der Waals surface area (Å²) < 4.78 is 33.8. The Bertz CT molecular complexity index is 872. The van der Waals surface area contributed by atoms with Crippen molar-refractivity contribution in [3.8, 4) is 28.7 Å². The molecule has 0 amide bonds. The van der Waals surface area contributed by atoms with Crippen molar-refractivity contribution in [2.45, 2.75) is 25.0 Å². The second-order valence-electron chi connectivity index (χ2n) is 6.89. The van der Waals surface area contributed by atoms with Gasteiger partial charge in [0.25, 0.3) is 0 Å². The number of methoxy groups -OCH3 is 4. The molecule has 162 valence electrons. The molecule has 7 nitrogen and oxygen atoms in total. The van der Waals surface area contributed by atoms with Crippen LogP contribution in [0.4, 0.5) is 5.69 Å². The number of ether oxygens (including phenoxy) is 6. The predicted molar refractivity (Wildman–Crippen MR) is 115 cm³/mol. The Morgan fingerprint density at radius 2 is 1.37 bits per heavy atom. The molecule has 1 aliphatic heterocycles. The van der Waals surface area contributed by atoms with Crippen LogP contribution in [0.15, 0.2) is 36.9 Å². The maximum Gasteiger partial charge on any atom is 0.203 e. The van der Waals surface area contributed by atoms with E-state index in [1.807, 2.05) is 24.3 Å². The molecule has 0 radical (unpaired) electrons. The molecule has 2 aromatic carbocycles. The Labute approximate surface area is 177 Å². The van der Waals surface area contributed by atoms with E-state index in [4.69, 9.17) is 34.2 Å². The third-order valence-corrected chi connectivity index (χ3v) is 5.12. The fraction of sp³-hybridized carbons (Fsp3) is 0.391. The molecule has 0 aromatic heterocycles. The lowest BCUT2D eigenvalue weighted by Gasteiger charge is -2.19. The summed E-state index contributed by atoms with van der Waals surface area (Å²) in [6.07, 6.45) is 3.14. The van der Waals surface area contributed by atoms with E-state index in [9.17, 15) is 0 Å². The second kappa shape index (κ2) is 9.63. The van der Waals surface area contributed by atoms with Crippen molar-refractivity contribution in [2.24, 2.45) is 0 Å². The van der Waals surface area contributed by atoms with Crippen LogP contribution < -0.4 is 29.4 Å². The minimum atomic E-state index is -0.112. The lowest BCUT2D eigenvalue weighted by atomic mass is 10.0. The highest BCUT2D eigenvalue weighted by molar-refractivity contribution is 5.63. The average Bonchev–Trinajstić information content (AvgIpc) is 3.27. The molecule has 2 aromatic rings. The van der Waals surface area contributed by atoms with Crippen LogP contribution in [0.3, 0.4) is 0 Å². The zero-order valence-electron chi connectivity index (χ0n) is 17.9. The smallest absolute Gasteiger partial charge is 0.203 e. The maximum absolute atomic E-state index is 6.36. The first-order valence-electron chi connectivity index (χ1n) is 9.72. The van der Waals surface area contributed by atoms with Crippen LogP contribution in [-0.4, -0.2) is 35.0 Å². The molecule has 0 bridgehead atoms. The van der Waals surface area contributed by atoms with Gasteiger partial charge in [0.15, 0.2) is 23.0 Å². The van der Waals surface area contributed by atoms with Gasteiger partial charge in [-0.05, 0) is 48.2 Å². The highest BCUT2D eigenvalue weighted by atomic mass is 16.5. The van der Waals surface area contributed by atoms with E-state index in [1.54, 1.807) is 34.5 Å². The number of rotatable bonds is 9. The molecule has 30 heavy (non-hydrogen) atoms. The first-order chi connectivity index (χ1) is 14.6. The highest BCUT2D eigenvalue weighted by Crippen LogP contribution is 2.47. The van der Waals surface area contributed by atoms with E-state index in [2.05, 4.69) is 6.58 Å². The highest BCUT2D eigenvalue weighted by Gasteiger charge is 2.30. The van der Waals surface area contributed by atoms with Gasteiger partial charge in [-0.1, -0.05) is 12.7 Å². The number of nitrogens with two attached hydrogens (primary N) is 1. The first-order valence-corrected chi connectivity index (χ1v) is 9.72. The Kier molecular flexibility index (Phi) is 6.95. The van der Waals surface area contributed by atoms with Crippen LogP contribution in [0.1, 0.15) is 36.2 Å². The molecule has 1 fully saturated rings. The molecule has 1 aliphatic rings. The van der Waals surface area contributed by atoms with Crippen LogP contribution >= 0.6 is 0 Å². The van der Waals surface area contributed by atoms with Crippen molar-refractivity contribution in [3.05, 3.63) is 48.0 Å². The average molecular weight is 415 g/mol. The molecule has 2 atom stereocenters. The van der Waals surface area contributed by atoms with E-state index >= 15 is 0 Å². The van der Waals surface area contributed by atoms with E-state index in [0.717, 1.165) is 24.0 Å². The van der Waals surface area contributed by atoms with E-state index < -0.39 is 0 Å². The quantitative estimate of drug-likeness (QED) is 0.478. The fourth-order valence-corrected chi connectivity index (χ4v) is 3.70. The van der Waals surface area contributed by atoms with E-state index in [1.165, 1.54) is 0 Å².